The molecule has 30 heavy (non-hydrogen) atoms. The highest BCUT2D eigenvalue weighted by Crippen LogP contribution is 2.31. The van der Waals surface area contributed by atoms with Crippen molar-refractivity contribution in [1.82, 2.24) is 25.0 Å². The Labute approximate surface area is 177 Å². The number of rotatable bonds is 8. The van der Waals surface area contributed by atoms with Gasteiger partial charge in [0, 0.05) is 24.9 Å². The number of amides is 1. The van der Waals surface area contributed by atoms with Gasteiger partial charge in [-0.2, -0.15) is 5.10 Å². The van der Waals surface area contributed by atoms with Crippen LogP contribution in [0, 0.1) is 10.1 Å². The molecule has 0 spiro atoms. The predicted molar refractivity (Wildman–Crippen MR) is 113 cm³/mol. The fraction of sp³-hybridized carbons (Fsp3) is 0.316. The number of nitrogens with one attached hydrogen (secondary N) is 1. The third-order valence-corrected chi connectivity index (χ3v) is 4.62. The first-order valence-electron chi connectivity index (χ1n) is 9.12. The summed E-state index contributed by atoms with van der Waals surface area (Å²) >= 11 is 6.06. The molecule has 2 aromatic heterocycles. The van der Waals surface area contributed by atoms with E-state index >= 15 is 0 Å². The van der Waals surface area contributed by atoms with Gasteiger partial charge in [0.2, 0.25) is 0 Å². The van der Waals surface area contributed by atoms with Gasteiger partial charge in [0.15, 0.2) is 11.4 Å². The monoisotopic (exact) mass is 432 g/mol. The highest BCUT2D eigenvalue weighted by Gasteiger charge is 2.21. The standard InChI is InChI=1S/C19H21ClN6O4/c1-24(2)8-4-7-21-19(27)18-13-11-22-17(20)10-15(13)25(23-18)14-6-5-12(26(28)29)9-16(14)30-3/h5-6,9-11H,4,7-8H2,1-3H3,(H,21,27). The number of halogens is 1. The first-order valence-corrected chi connectivity index (χ1v) is 9.49. The zero-order chi connectivity index (χ0) is 21.8. The molecule has 0 radical (unpaired) electrons. The van der Waals surface area contributed by atoms with Gasteiger partial charge in [-0.3, -0.25) is 14.9 Å². The average Bonchev–Trinajstić information content (AvgIpc) is 3.08. The Morgan fingerprint density at radius 2 is 2.13 bits per heavy atom. The Kier molecular flexibility index (Phi) is 6.48. The lowest BCUT2D eigenvalue weighted by molar-refractivity contribution is -0.384. The molecule has 0 unspecified atom stereocenters. The van der Waals surface area contributed by atoms with Crippen LogP contribution < -0.4 is 10.1 Å². The highest BCUT2D eigenvalue weighted by molar-refractivity contribution is 6.30. The van der Waals surface area contributed by atoms with Crippen molar-refractivity contribution >= 4 is 34.1 Å². The van der Waals surface area contributed by atoms with Crippen LogP contribution in [0.5, 0.6) is 5.75 Å². The topological polar surface area (TPSA) is 115 Å². The first-order chi connectivity index (χ1) is 14.3. The van der Waals surface area contributed by atoms with Gasteiger partial charge in [0.25, 0.3) is 11.6 Å². The van der Waals surface area contributed by atoms with Crippen LogP contribution in [0.3, 0.4) is 0 Å². The second-order valence-electron chi connectivity index (χ2n) is 6.81. The number of methoxy groups -OCH3 is 1. The summed E-state index contributed by atoms with van der Waals surface area (Å²) in [5.74, 6) is -0.109. The van der Waals surface area contributed by atoms with E-state index in [1.807, 2.05) is 19.0 Å². The fourth-order valence-electron chi connectivity index (χ4n) is 2.97. The van der Waals surface area contributed by atoms with Crippen molar-refractivity contribution in [3.8, 4) is 11.4 Å². The van der Waals surface area contributed by atoms with E-state index in [2.05, 4.69) is 15.4 Å². The van der Waals surface area contributed by atoms with Crippen LogP contribution in [0.1, 0.15) is 16.9 Å². The van der Waals surface area contributed by atoms with Crippen molar-refractivity contribution < 1.29 is 14.5 Å². The van der Waals surface area contributed by atoms with E-state index < -0.39 is 4.92 Å². The van der Waals surface area contributed by atoms with Gasteiger partial charge in [0.1, 0.15) is 10.8 Å². The van der Waals surface area contributed by atoms with E-state index in [4.69, 9.17) is 16.3 Å². The number of aromatic nitrogens is 3. The smallest absolute Gasteiger partial charge is 0.273 e. The van der Waals surface area contributed by atoms with Gasteiger partial charge in [-0.1, -0.05) is 11.6 Å². The van der Waals surface area contributed by atoms with Crippen LogP contribution >= 0.6 is 11.6 Å². The number of pyridine rings is 1. The number of nitro benzene ring substituents is 1. The summed E-state index contributed by atoms with van der Waals surface area (Å²) in [6, 6.07) is 5.73. The van der Waals surface area contributed by atoms with Crippen LogP contribution in [0.4, 0.5) is 5.69 Å². The summed E-state index contributed by atoms with van der Waals surface area (Å²) in [4.78, 5) is 29.4. The van der Waals surface area contributed by atoms with Crippen LogP contribution in [0.15, 0.2) is 30.5 Å². The second kappa shape index (κ2) is 9.06. The first kappa shape index (κ1) is 21.5. The fourth-order valence-corrected chi connectivity index (χ4v) is 3.12. The van der Waals surface area contributed by atoms with E-state index in [1.165, 1.54) is 36.2 Å². The van der Waals surface area contributed by atoms with Crippen molar-refractivity contribution in [1.29, 1.82) is 0 Å². The van der Waals surface area contributed by atoms with Gasteiger partial charge in [-0.15, -0.1) is 0 Å². The summed E-state index contributed by atoms with van der Waals surface area (Å²) in [6.45, 7) is 1.33. The average molecular weight is 433 g/mol. The zero-order valence-corrected chi connectivity index (χ0v) is 17.5. The van der Waals surface area contributed by atoms with Crippen LogP contribution in [-0.4, -0.2) is 64.8 Å². The Morgan fingerprint density at radius 1 is 1.37 bits per heavy atom. The summed E-state index contributed by atoms with van der Waals surface area (Å²) < 4.78 is 6.79. The number of benzene rings is 1. The Morgan fingerprint density at radius 3 is 2.80 bits per heavy atom. The van der Waals surface area contributed by atoms with Crippen molar-refractivity contribution in [3.05, 3.63) is 51.4 Å². The van der Waals surface area contributed by atoms with E-state index in [1.54, 1.807) is 6.07 Å². The molecule has 0 aliphatic rings. The quantitative estimate of drug-likeness (QED) is 0.252. The number of ether oxygens (including phenoxy) is 1. The number of hydrogen-bond donors (Lipinski definition) is 1. The largest absolute Gasteiger partial charge is 0.494 e. The van der Waals surface area contributed by atoms with Gasteiger partial charge >= 0.3 is 0 Å². The molecule has 0 saturated carbocycles. The minimum absolute atomic E-state index is 0.120. The van der Waals surface area contributed by atoms with Crippen LogP contribution in [-0.2, 0) is 0 Å². The third kappa shape index (κ3) is 4.50. The van der Waals surface area contributed by atoms with Crippen molar-refractivity contribution in [2.24, 2.45) is 0 Å². The van der Waals surface area contributed by atoms with E-state index in [9.17, 15) is 14.9 Å². The molecular formula is C19H21ClN6O4. The number of non-ortho nitro benzene ring substituents is 1. The highest BCUT2D eigenvalue weighted by atomic mass is 35.5. The number of hydrogen-bond acceptors (Lipinski definition) is 7. The molecule has 1 amide bonds. The van der Waals surface area contributed by atoms with Crippen LogP contribution in [0.2, 0.25) is 5.15 Å². The van der Waals surface area contributed by atoms with Gasteiger partial charge < -0.3 is 15.0 Å². The second-order valence-corrected chi connectivity index (χ2v) is 7.20. The lowest BCUT2D eigenvalue weighted by Gasteiger charge is -2.09. The maximum Gasteiger partial charge on any atom is 0.273 e. The normalized spacial score (nSPS) is 11.1. The molecule has 0 atom stereocenters. The van der Waals surface area contributed by atoms with E-state index in [0.29, 0.717) is 23.1 Å². The Bertz CT molecular complexity index is 1100. The molecule has 1 N–H and O–H groups in total. The van der Waals surface area contributed by atoms with Gasteiger partial charge in [0.05, 0.1) is 29.0 Å². The summed E-state index contributed by atoms with van der Waals surface area (Å²) in [5, 5.41) is 19.1. The maximum atomic E-state index is 12.7. The van der Waals surface area contributed by atoms with Crippen molar-refractivity contribution in [3.63, 3.8) is 0 Å². The summed E-state index contributed by atoms with van der Waals surface area (Å²) in [7, 11) is 5.33. The molecule has 3 aromatic rings. The van der Waals surface area contributed by atoms with Crippen LogP contribution in [0.25, 0.3) is 16.6 Å². The molecule has 0 fully saturated rings. The number of carbonyl (C=O) groups is 1. The van der Waals surface area contributed by atoms with E-state index in [0.717, 1.165) is 13.0 Å². The Hall–Kier alpha value is -3.24. The molecule has 158 valence electrons. The lowest BCUT2D eigenvalue weighted by atomic mass is 10.2. The molecule has 11 heteroatoms. The zero-order valence-electron chi connectivity index (χ0n) is 16.8. The molecular weight excluding hydrogens is 412 g/mol. The van der Waals surface area contributed by atoms with Crippen molar-refractivity contribution in [2.75, 3.05) is 34.3 Å². The maximum absolute atomic E-state index is 12.7. The molecule has 1 aromatic carbocycles. The number of carbonyl (C=O) groups excluding carboxylic acids is 1. The Balaban J connectivity index is 2.03. The molecule has 10 nitrogen and oxygen atoms in total. The number of nitrogens with zero attached hydrogens (tertiary/aromatic N) is 5. The van der Waals surface area contributed by atoms with Crippen molar-refractivity contribution in [2.45, 2.75) is 6.42 Å². The molecule has 0 aliphatic carbocycles. The summed E-state index contributed by atoms with van der Waals surface area (Å²) in [5.41, 5.74) is 1.02. The van der Waals surface area contributed by atoms with Gasteiger partial charge in [-0.25, -0.2) is 9.67 Å². The minimum atomic E-state index is -0.513. The third-order valence-electron chi connectivity index (χ3n) is 4.42. The molecule has 0 saturated heterocycles. The molecule has 0 aliphatic heterocycles. The number of nitro groups is 1. The SMILES string of the molecule is COc1cc([N+](=O)[O-])ccc1-n1nc(C(=O)NCCCN(C)C)c2cnc(Cl)cc21. The molecule has 3 rings (SSSR count). The van der Waals surface area contributed by atoms with Gasteiger partial charge in [-0.05, 0) is 33.1 Å². The predicted octanol–water partition coefficient (Wildman–Crippen LogP) is 2.67. The van der Waals surface area contributed by atoms with E-state index in [-0.39, 0.29) is 28.2 Å². The number of fused-ring (bicyclic) bond motifs is 1. The summed E-state index contributed by atoms with van der Waals surface area (Å²) in [6.07, 6.45) is 2.27. The minimum Gasteiger partial charge on any atom is -0.494 e. The molecule has 0 bridgehead atoms. The molecule has 2 heterocycles. The lowest BCUT2D eigenvalue weighted by Crippen LogP contribution is -2.27.